The molecular formula is C11H17BrN2O2S2. The van der Waals surface area contributed by atoms with E-state index in [1.165, 1.54) is 11.8 Å². The monoisotopic (exact) mass is 352 g/mol. The lowest BCUT2D eigenvalue weighted by Crippen LogP contribution is -2.44. The molecule has 0 radical (unpaired) electrons. The van der Waals surface area contributed by atoms with Gasteiger partial charge in [0.1, 0.15) is 0 Å². The standard InChI is InChI=1S/C11H17BrN2O2S2/c1-18(15,16)14-4-2-10(3-5-14)13-6-9-7-17-8-11(9)12/h7-8,10,13H,2-6H2,1H3. The Labute approximate surface area is 121 Å². The molecule has 1 aliphatic rings. The smallest absolute Gasteiger partial charge is 0.211 e. The lowest BCUT2D eigenvalue weighted by atomic mass is 10.1. The molecule has 4 nitrogen and oxygen atoms in total. The Morgan fingerprint density at radius 1 is 1.44 bits per heavy atom. The largest absolute Gasteiger partial charge is 0.310 e. The first-order chi connectivity index (χ1) is 8.47. The lowest BCUT2D eigenvalue weighted by Gasteiger charge is -2.30. The van der Waals surface area contributed by atoms with Crippen LogP contribution in [-0.4, -0.2) is 38.1 Å². The van der Waals surface area contributed by atoms with E-state index >= 15 is 0 Å². The second-order valence-electron chi connectivity index (χ2n) is 4.56. The minimum Gasteiger partial charge on any atom is -0.310 e. The van der Waals surface area contributed by atoms with Crippen LogP contribution in [0.1, 0.15) is 18.4 Å². The van der Waals surface area contributed by atoms with Crippen molar-refractivity contribution in [2.75, 3.05) is 19.3 Å². The van der Waals surface area contributed by atoms with Gasteiger partial charge in [0.15, 0.2) is 0 Å². The van der Waals surface area contributed by atoms with Crippen molar-refractivity contribution in [3.63, 3.8) is 0 Å². The normalized spacial score (nSPS) is 19.2. The van der Waals surface area contributed by atoms with E-state index in [1.54, 1.807) is 15.6 Å². The van der Waals surface area contributed by atoms with Crippen molar-refractivity contribution in [3.05, 3.63) is 20.8 Å². The van der Waals surface area contributed by atoms with E-state index in [1.807, 2.05) is 0 Å². The molecule has 2 rings (SSSR count). The molecule has 0 saturated carbocycles. The van der Waals surface area contributed by atoms with Gasteiger partial charge >= 0.3 is 0 Å². The van der Waals surface area contributed by atoms with Crippen LogP contribution in [0.15, 0.2) is 15.2 Å². The van der Waals surface area contributed by atoms with Crippen LogP contribution >= 0.6 is 27.3 Å². The molecule has 102 valence electrons. The number of halogens is 1. The van der Waals surface area contributed by atoms with Crippen LogP contribution in [0, 0.1) is 0 Å². The van der Waals surface area contributed by atoms with Crippen molar-refractivity contribution in [2.24, 2.45) is 0 Å². The molecule has 2 heterocycles. The fourth-order valence-corrected chi connectivity index (χ4v) is 4.40. The summed E-state index contributed by atoms with van der Waals surface area (Å²) in [5.41, 5.74) is 1.27. The predicted octanol–water partition coefficient (Wildman–Crippen LogP) is 2.02. The van der Waals surface area contributed by atoms with E-state index in [0.29, 0.717) is 19.1 Å². The minimum absolute atomic E-state index is 0.412. The van der Waals surface area contributed by atoms with Gasteiger partial charge in [-0.25, -0.2) is 12.7 Å². The average molecular weight is 353 g/mol. The number of thiophene rings is 1. The first-order valence-corrected chi connectivity index (χ1v) is 9.44. The van der Waals surface area contributed by atoms with Crippen molar-refractivity contribution in [1.82, 2.24) is 9.62 Å². The highest BCUT2D eigenvalue weighted by atomic mass is 79.9. The second-order valence-corrected chi connectivity index (χ2v) is 8.14. The van der Waals surface area contributed by atoms with Gasteiger partial charge in [0.25, 0.3) is 0 Å². The summed E-state index contributed by atoms with van der Waals surface area (Å²) in [7, 11) is -3.01. The number of nitrogens with zero attached hydrogens (tertiary/aromatic N) is 1. The number of rotatable bonds is 4. The van der Waals surface area contributed by atoms with Crippen molar-refractivity contribution >= 4 is 37.3 Å². The van der Waals surface area contributed by atoms with Gasteiger partial charge < -0.3 is 5.32 Å². The zero-order chi connectivity index (χ0) is 13.2. The van der Waals surface area contributed by atoms with Crippen LogP contribution in [0.4, 0.5) is 0 Å². The van der Waals surface area contributed by atoms with E-state index in [4.69, 9.17) is 0 Å². The molecule has 1 aliphatic heterocycles. The van der Waals surface area contributed by atoms with Gasteiger partial charge in [-0.15, -0.1) is 0 Å². The summed E-state index contributed by atoms with van der Waals surface area (Å²) in [4.78, 5) is 0. The maximum Gasteiger partial charge on any atom is 0.211 e. The Bertz CT molecular complexity index is 493. The fourth-order valence-electron chi connectivity index (χ4n) is 2.08. The van der Waals surface area contributed by atoms with Crippen LogP contribution in [0.5, 0.6) is 0 Å². The SMILES string of the molecule is CS(=O)(=O)N1CCC(NCc2cscc2Br)CC1. The number of nitrogens with one attached hydrogen (secondary N) is 1. The molecule has 0 unspecified atom stereocenters. The third-order valence-electron chi connectivity index (χ3n) is 3.19. The lowest BCUT2D eigenvalue weighted by molar-refractivity contribution is 0.290. The van der Waals surface area contributed by atoms with Crippen molar-refractivity contribution in [1.29, 1.82) is 0 Å². The van der Waals surface area contributed by atoms with Gasteiger partial charge in [-0.3, -0.25) is 0 Å². The molecule has 1 aromatic rings. The summed E-state index contributed by atoms with van der Waals surface area (Å²) in [5.74, 6) is 0. The topological polar surface area (TPSA) is 49.4 Å². The third kappa shape index (κ3) is 3.77. The van der Waals surface area contributed by atoms with Gasteiger partial charge in [0.05, 0.1) is 6.26 Å². The van der Waals surface area contributed by atoms with Crippen LogP contribution in [-0.2, 0) is 16.6 Å². The molecule has 0 bridgehead atoms. The quantitative estimate of drug-likeness (QED) is 0.901. The molecule has 7 heteroatoms. The molecule has 1 saturated heterocycles. The van der Waals surface area contributed by atoms with Crippen molar-refractivity contribution < 1.29 is 8.42 Å². The Morgan fingerprint density at radius 3 is 2.61 bits per heavy atom. The maximum atomic E-state index is 11.4. The molecule has 1 fully saturated rings. The highest BCUT2D eigenvalue weighted by Gasteiger charge is 2.24. The highest BCUT2D eigenvalue weighted by Crippen LogP contribution is 2.21. The van der Waals surface area contributed by atoms with Crippen LogP contribution in [0.25, 0.3) is 0 Å². The Balaban J connectivity index is 1.79. The van der Waals surface area contributed by atoms with Gasteiger partial charge in [-0.1, -0.05) is 0 Å². The molecule has 1 aromatic heterocycles. The second kappa shape index (κ2) is 6.00. The Morgan fingerprint density at radius 2 is 2.11 bits per heavy atom. The number of piperidine rings is 1. The summed E-state index contributed by atoms with van der Waals surface area (Å²) < 4.78 is 25.5. The fraction of sp³-hybridized carbons (Fsp3) is 0.636. The van der Waals surface area contributed by atoms with Gasteiger partial charge in [0.2, 0.25) is 10.0 Å². The van der Waals surface area contributed by atoms with E-state index in [9.17, 15) is 8.42 Å². The highest BCUT2D eigenvalue weighted by molar-refractivity contribution is 9.10. The zero-order valence-electron chi connectivity index (χ0n) is 10.2. The Hall–Kier alpha value is 0.0500. The van der Waals surface area contributed by atoms with Gasteiger partial charge in [-0.2, -0.15) is 11.3 Å². The minimum atomic E-state index is -3.01. The van der Waals surface area contributed by atoms with E-state index < -0.39 is 10.0 Å². The van der Waals surface area contributed by atoms with E-state index in [-0.39, 0.29) is 0 Å². The van der Waals surface area contributed by atoms with Crippen LogP contribution in [0.3, 0.4) is 0 Å². The summed E-state index contributed by atoms with van der Waals surface area (Å²) in [6.45, 7) is 2.09. The molecule has 0 aliphatic carbocycles. The van der Waals surface area contributed by atoms with E-state index in [0.717, 1.165) is 23.9 Å². The molecule has 0 atom stereocenters. The summed E-state index contributed by atoms with van der Waals surface area (Å²) in [5, 5.41) is 7.69. The van der Waals surface area contributed by atoms with Crippen LogP contribution < -0.4 is 5.32 Å². The van der Waals surface area contributed by atoms with Gasteiger partial charge in [-0.05, 0) is 39.7 Å². The first-order valence-electron chi connectivity index (χ1n) is 5.86. The van der Waals surface area contributed by atoms with E-state index in [2.05, 4.69) is 32.0 Å². The number of sulfonamides is 1. The summed E-state index contributed by atoms with van der Waals surface area (Å²) >= 11 is 5.19. The molecule has 18 heavy (non-hydrogen) atoms. The maximum absolute atomic E-state index is 11.4. The molecular weight excluding hydrogens is 336 g/mol. The predicted molar refractivity (Wildman–Crippen MR) is 78.3 cm³/mol. The Kier molecular flexibility index (Phi) is 4.82. The van der Waals surface area contributed by atoms with Crippen molar-refractivity contribution in [2.45, 2.75) is 25.4 Å². The van der Waals surface area contributed by atoms with Gasteiger partial charge in [0, 0.05) is 35.5 Å². The first kappa shape index (κ1) is 14.5. The van der Waals surface area contributed by atoms with Crippen molar-refractivity contribution in [3.8, 4) is 0 Å². The third-order valence-corrected chi connectivity index (χ3v) is 6.33. The molecule has 1 N–H and O–H groups in total. The van der Waals surface area contributed by atoms with Crippen LogP contribution in [0.2, 0.25) is 0 Å². The summed E-state index contributed by atoms with van der Waals surface area (Å²) in [6, 6.07) is 0.412. The molecule has 0 amide bonds. The zero-order valence-corrected chi connectivity index (χ0v) is 13.4. The molecule has 0 aromatic carbocycles. The summed E-state index contributed by atoms with van der Waals surface area (Å²) in [6.07, 6.45) is 3.05. The average Bonchev–Trinajstić information content (AvgIpc) is 2.72. The number of hydrogen-bond acceptors (Lipinski definition) is 4. The number of hydrogen-bond donors (Lipinski definition) is 1. The molecule has 0 spiro atoms.